The number of hydrogen-bond acceptors (Lipinski definition) is 3. The fourth-order valence-corrected chi connectivity index (χ4v) is 0.858. The molecule has 3 nitrogen and oxygen atoms in total. The van der Waals surface area contributed by atoms with Crippen molar-refractivity contribution in [2.75, 3.05) is 6.54 Å². The van der Waals surface area contributed by atoms with Crippen LogP contribution in [0.4, 0.5) is 0 Å². The van der Waals surface area contributed by atoms with Crippen molar-refractivity contribution in [3.05, 3.63) is 29.8 Å². The van der Waals surface area contributed by atoms with Gasteiger partial charge in [-0.25, -0.2) is 0 Å². The van der Waals surface area contributed by atoms with Gasteiger partial charge in [0.1, 0.15) is 5.75 Å². The van der Waals surface area contributed by atoms with Crippen LogP contribution in [0.25, 0.3) is 0 Å². The molecule has 0 unspecified atom stereocenters. The molecule has 0 aromatic heterocycles. The molecule has 0 bridgehead atoms. The lowest BCUT2D eigenvalue weighted by Crippen LogP contribution is -2.20. The second kappa shape index (κ2) is 3.37. The highest BCUT2D eigenvalue weighted by atomic mass is 16.3. The first kappa shape index (κ1) is 8.04. The second-order valence-electron chi connectivity index (χ2n) is 2.43. The highest BCUT2D eigenvalue weighted by Gasteiger charge is 2.01. The highest BCUT2D eigenvalue weighted by molar-refractivity contribution is 5.27. The van der Waals surface area contributed by atoms with Crippen LogP contribution in [0.2, 0.25) is 0 Å². The van der Waals surface area contributed by atoms with Gasteiger partial charge in [0.2, 0.25) is 0 Å². The zero-order chi connectivity index (χ0) is 8.27. The molecule has 0 spiro atoms. The number of phenols is 1. The van der Waals surface area contributed by atoms with Crippen molar-refractivity contribution in [3.8, 4) is 5.75 Å². The summed E-state index contributed by atoms with van der Waals surface area (Å²) in [6.45, 7) is 0.421. The van der Waals surface area contributed by atoms with E-state index < -0.39 is 0 Å². The standard InChI is InChI=1S/C8H12N2O/c9-5-8(10)6-1-3-7(11)4-2-6/h1-4,8,11H,5,9-10H2/t8-/m0/s1. The Balaban J connectivity index is 2.81. The first-order valence-electron chi connectivity index (χ1n) is 3.48. The van der Waals surface area contributed by atoms with Crippen LogP contribution in [0, 0.1) is 0 Å². The number of benzene rings is 1. The molecule has 0 saturated heterocycles. The summed E-state index contributed by atoms with van der Waals surface area (Å²) >= 11 is 0. The Hall–Kier alpha value is -1.06. The molecule has 1 aromatic carbocycles. The zero-order valence-electron chi connectivity index (χ0n) is 6.20. The molecule has 11 heavy (non-hydrogen) atoms. The van der Waals surface area contributed by atoms with Gasteiger partial charge in [-0.3, -0.25) is 0 Å². The molecule has 0 saturated carbocycles. The van der Waals surface area contributed by atoms with Gasteiger partial charge >= 0.3 is 0 Å². The van der Waals surface area contributed by atoms with Gasteiger partial charge in [-0.15, -0.1) is 0 Å². The molecular weight excluding hydrogens is 140 g/mol. The molecule has 1 atom stereocenters. The van der Waals surface area contributed by atoms with Crippen LogP contribution < -0.4 is 11.5 Å². The molecule has 0 radical (unpaired) electrons. The maximum absolute atomic E-state index is 8.94. The van der Waals surface area contributed by atoms with E-state index in [9.17, 15) is 0 Å². The maximum atomic E-state index is 8.94. The molecule has 1 aromatic rings. The third kappa shape index (κ3) is 1.93. The Morgan fingerprint density at radius 1 is 1.27 bits per heavy atom. The van der Waals surface area contributed by atoms with Crippen LogP contribution in [0.1, 0.15) is 11.6 Å². The van der Waals surface area contributed by atoms with E-state index in [4.69, 9.17) is 16.6 Å². The normalized spacial score (nSPS) is 12.9. The van der Waals surface area contributed by atoms with Gasteiger partial charge in [-0.05, 0) is 17.7 Å². The summed E-state index contributed by atoms with van der Waals surface area (Å²) in [6.07, 6.45) is 0. The highest BCUT2D eigenvalue weighted by Crippen LogP contribution is 2.13. The van der Waals surface area contributed by atoms with Gasteiger partial charge in [0, 0.05) is 12.6 Å². The van der Waals surface area contributed by atoms with Crippen LogP contribution in [-0.4, -0.2) is 11.7 Å². The summed E-state index contributed by atoms with van der Waals surface area (Å²) in [5.74, 6) is 0.248. The van der Waals surface area contributed by atoms with Crippen molar-refractivity contribution in [2.45, 2.75) is 6.04 Å². The van der Waals surface area contributed by atoms with Gasteiger partial charge in [-0.2, -0.15) is 0 Å². The van der Waals surface area contributed by atoms with Crippen LogP contribution in [0.3, 0.4) is 0 Å². The topological polar surface area (TPSA) is 72.3 Å². The minimum absolute atomic E-state index is 0.129. The van der Waals surface area contributed by atoms with E-state index in [1.165, 1.54) is 0 Å². The van der Waals surface area contributed by atoms with Crippen molar-refractivity contribution < 1.29 is 5.11 Å². The van der Waals surface area contributed by atoms with Gasteiger partial charge in [0.15, 0.2) is 0 Å². The van der Waals surface area contributed by atoms with E-state index in [0.29, 0.717) is 6.54 Å². The second-order valence-corrected chi connectivity index (χ2v) is 2.43. The fourth-order valence-electron chi connectivity index (χ4n) is 0.858. The molecule has 0 aliphatic rings. The van der Waals surface area contributed by atoms with Crippen LogP contribution in [0.15, 0.2) is 24.3 Å². The molecule has 0 heterocycles. The van der Waals surface area contributed by atoms with Crippen molar-refractivity contribution in [2.24, 2.45) is 11.5 Å². The van der Waals surface area contributed by atoms with E-state index in [2.05, 4.69) is 0 Å². The Labute approximate surface area is 65.6 Å². The van der Waals surface area contributed by atoms with Crippen molar-refractivity contribution in [1.29, 1.82) is 0 Å². The molecule has 60 valence electrons. The Bertz CT molecular complexity index is 220. The lowest BCUT2D eigenvalue weighted by molar-refractivity contribution is 0.475. The quantitative estimate of drug-likeness (QED) is 0.572. The SMILES string of the molecule is NC[C@H](N)c1ccc(O)cc1. The lowest BCUT2D eigenvalue weighted by atomic mass is 10.1. The molecule has 0 amide bonds. The number of hydrogen-bond donors (Lipinski definition) is 3. The summed E-state index contributed by atoms with van der Waals surface area (Å²) in [4.78, 5) is 0. The molecule has 0 fully saturated rings. The smallest absolute Gasteiger partial charge is 0.115 e. The predicted octanol–water partition coefficient (Wildman–Crippen LogP) is 0.351. The fraction of sp³-hybridized carbons (Fsp3) is 0.250. The Morgan fingerprint density at radius 3 is 2.27 bits per heavy atom. The Morgan fingerprint density at radius 2 is 1.82 bits per heavy atom. The van der Waals surface area contributed by atoms with Gasteiger partial charge in [0.25, 0.3) is 0 Å². The minimum atomic E-state index is -0.129. The van der Waals surface area contributed by atoms with Gasteiger partial charge in [-0.1, -0.05) is 12.1 Å². The summed E-state index contributed by atoms with van der Waals surface area (Å²) in [6, 6.07) is 6.62. The summed E-state index contributed by atoms with van der Waals surface area (Å²) in [5.41, 5.74) is 11.9. The van der Waals surface area contributed by atoms with Crippen molar-refractivity contribution >= 4 is 0 Å². The first-order valence-corrected chi connectivity index (χ1v) is 3.48. The molecular formula is C8H12N2O. The zero-order valence-corrected chi connectivity index (χ0v) is 6.20. The van der Waals surface area contributed by atoms with E-state index >= 15 is 0 Å². The average Bonchev–Trinajstić information content (AvgIpc) is 2.05. The van der Waals surface area contributed by atoms with E-state index in [-0.39, 0.29) is 11.8 Å². The van der Waals surface area contributed by atoms with Crippen molar-refractivity contribution in [1.82, 2.24) is 0 Å². The number of phenolic OH excluding ortho intramolecular Hbond substituents is 1. The molecule has 0 aliphatic heterocycles. The van der Waals surface area contributed by atoms with E-state index in [1.54, 1.807) is 24.3 Å². The number of aromatic hydroxyl groups is 1. The lowest BCUT2D eigenvalue weighted by Gasteiger charge is -2.07. The van der Waals surface area contributed by atoms with Gasteiger partial charge in [0.05, 0.1) is 0 Å². The third-order valence-electron chi connectivity index (χ3n) is 1.58. The minimum Gasteiger partial charge on any atom is -0.508 e. The predicted molar refractivity (Wildman–Crippen MR) is 44.1 cm³/mol. The molecule has 1 rings (SSSR count). The average molecular weight is 152 g/mol. The van der Waals surface area contributed by atoms with Crippen LogP contribution in [0.5, 0.6) is 5.75 Å². The monoisotopic (exact) mass is 152 g/mol. The number of nitrogens with two attached hydrogens (primary N) is 2. The third-order valence-corrected chi connectivity index (χ3v) is 1.58. The van der Waals surface area contributed by atoms with E-state index in [0.717, 1.165) is 5.56 Å². The molecule has 0 aliphatic carbocycles. The largest absolute Gasteiger partial charge is 0.508 e. The maximum Gasteiger partial charge on any atom is 0.115 e. The summed E-state index contributed by atoms with van der Waals surface area (Å²) in [5, 5.41) is 8.94. The first-order chi connectivity index (χ1) is 5.24. The van der Waals surface area contributed by atoms with Crippen molar-refractivity contribution in [3.63, 3.8) is 0 Å². The van der Waals surface area contributed by atoms with Gasteiger partial charge < -0.3 is 16.6 Å². The Kier molecular flexibility index (Phi) is 2.46. The van der Waals surface area contributed by atoms with Crippen LogP contribution >= 0.6 is 0 Å². The van der Waals surface area contributed by atoms with E-state index in [1.807, 2.05) is 0 Å². The molecule has 5 N–H and O–H groups in total. The van der Waals surface area contributed by atoms with Crippen LogP contribution in [-0.2, 0) is 0 Å². The summed E-state index contributed by atoms with van der Waals surface area (Å²) < 4.78 is 0. The number of rotatable bonds is 2. The summed E-state index contributed by atoms with van der Waals surface area (Å²) in [7, 11) is 0. The molecule has 3 heteroatoms.